The molecule has 0 heterocycles. The molecule has 1 rings (SSSR count). The highest BCUT2D eigenvalue weighted by atomic mass is 14.2. The molecule has 0 aromatic carbocycles. The van der Waals surface area contributed by atoms with Gasteiger partial charge < -0.3 is 0 Å². The van der Waals surface area contributed by atoms with Crippen LogP contribution < -0.4 is 0 Å². The van der Waals surface area contributed by atoms with Gasteiger partial charge in [-0.3, -0.25) is 0 Å². The fraction of sp³-hybridized carbons (Fsp3) is 0.300. The molecule has 0 unspecified atom stereocenters. The minimum absolute atomic E-state index is 0.765. The Hall–Kier alpha value is -1.29. The van der Waals surface area contributed by atoms with E-state index in [0.717, 1.165) is 12.0 Å². The number of nitriles is 1. The first-order chi connectivity index (χ1) is 5.24. The van der Waals surface area contributed by atoms with Gasteiger partial charge in [-0.15, -0.1) is 0 Å². The van der Waals surface area contributed by atoms with Crippen LogP contribution in [-0.4, -0.2) is 0 Å². The van der Waals surface area contributed by atoms with Crippen LogP contribution in [0.1, 0.15) is 20.3 Å². The van der Waals surface area contributed by atoms with Crippen LogP contribution >= 0.6 is 0 Å². The average molecular weight is 145 g/mol. The molecular weight excluding hydrogens is 134 g/mol. The molecule has 0 radical (unpaired) electrons. The maximum absolute atomic E-state index is 8.60. The van der Waals surface area contributed by atoms with Gasteiger partial charge in [-0.25, -0.2) is 0 Å². The molecule has 0 N–H and O–H groups in total. The van der Waals surface area contributed by atoms with Crippen molar-refractivity contribution in [1.29, 1.82) is 5.26 Å². The highest BCUT2D eigenvalue weighted by molar-refractivity contribution is 5.41. The minimum Gasteiger partial charge on any atom is -0.192 e. The first-order valence-corrected chi connectivity index (χ1v) is 3.68. The van der Waals surface area contributed by atoms with Crippen LogP contribution in [0.25, 0.3) is 0 Å². The number of rotatable bonds is 0. The fourth-order valence-corrected chi connectivity index (χ4v) is 0.932. The predicted molar refractivity (Wildman–Crippen MR) is 45.8 cm³/mol. The van der Waals surface area contributed by atoms with Gasteiger partial charge in [0.1, 0.15) is 0 Å². The van der Waals surface area contributed by atoms with E-state index in [4.69, 9.17) is 5.26 Å². The maximum atomic E-state index is 8.60. The minimum atomic E-state index is 0.765. The molecule has 0 bridgehead atoms. The van der Waals surface area contributed by atoms with E-state index in [9.17, 15) is 0 Å². The Morgan fingerprint density at radius 1 is 1.36 bits per heavy atom. The van der Waals surface area contributed by atoms with E-state index in [-0.39, 0.29) is 0 Å². The third-order valence-corrected chi connectivity index (χ3v) is 1.94. The van der Waals surface area contributed by atoms with E-state index in [1.165, 1.54) is 11.1 Å². The summed E-state index contributed by atoms with van der Waals surface area (Å²) in [6.07, 6.45) is 6.73. The maximum Gasteiger partial charge on any atom is 0.0988 e. The van der Waals surface area contributed by atoms with Crippen LogP contribution in [0.4, 0.5) is 0 Å². The van der Waals surface area contributed by atoms with E-state index in [2.05, 4.69) is 19.9 Å². The van der Waals surface area contributed by atoms with Gasteiger partial charge in [0.2, 0.25) is 0 Å². The lowest BCUT2D eigenvalue weighted by Crippen LogP contribution is -1.76. The molecule has 56 valence electrons. The van der Waals surface area contributed by atoms with E-state index in [0.29, 0.717) is 0 Å². The van der Waals surface area contributed by atoms with Crippen LogP contribution in [0.5, 0.6) is 0 Å². The zero-order valence-corrected chi connectivity index (χ0v) is 6.89. The predicted octanol–water partition coefficient (Wildman–Crippen LogP) is 2.73. The van der Waals surface area contributed by atoms with Crippen molar-refractivity contribution in [3.05, 3.63) is 34.9 Å². The summed E-state index contributed by atoms with van der Waals surface area (Å²) in [5, 5.41) is 8.60. The van der Waals surface area contributed by atoms with Crippen LogP contribution in [0, 0.1) is 11.3 Å². The van der Waals surface area contributed by atoms with Crippen LogP contribution in [0.3, 0.4) is 0 Å². The summed E-state index contributed by atoms with van der Waals surface area (Å²) in [6.45, 7) is 4.16. The Labute approximate surface area is 67.3 Å². The van der Waals surface area contributed by atoms with E-state index < -0.39 is 0 Å². The second-order valence-corrected chi connectivity index (χ2v) is 2.77. The fourth-order valence-electron chi connectivity index (χ4n) is 0.932. The molecular formula is C10H11N. The van der Waals surface area contributed by atoms with Crippen molar-refractivity contribution in [2.45, 2.75) is 20.3 Å². The second-order valence-electron chi connectivity index (χ2n) is 2.77. The molecule has 0 aromatic rings. The van der Waals surface area contributed by atoms with Gasteiger partial charge in [0, 0.05) is 5.57 Å². The molecule has 1 heteroatoms. The number of nitrogens with zero attached hydrogens (tertiary/aromatic N) is 1. The Morgan fingerprint density at radius 2 is 2.09 bits per heavy atom. The summed E-state index contributed by atoms with van der Waals surface area (Å²) in [6, 6.07) is 2.13. The highest BCUT2D eigenvalue weighted by Crippen LogP contribution is 2.15. The average Bonchev–Trinajstić information content (AvgIpc) is 2.16. The van der Waals surface area contributed by atoms with Gasteiger partial charge in [0.15, 0.2) is 0 Å². The Morgan fingerprint density at radius 3 is 2.73 bits per heavy atom. The molecule has 1 aliphatic carbocycles. The largest absolute Gasteiger partial charge is 0.192 e. The third-order valence-electron chi connectivity index (χ3n) is 1.94. The Kier molecular flexibility index (Phi) is 2.28. The topological polar surface area (TPSA) is 23.8 Å². The second kappa shape index (κ2) is 3.21. The van der Waals surface area contributed by atoms with Gasteiger partial charge in [0.25, 0.3) is 0 Å². The lowest BCUT2D eigenvalue weighted by molar-refractivity contribution is 1.17. The van der Waals surface area contributed by atoms with E-state index in [1.54, 1.807) is 0 Å². The first-order valence-electron chi connectivity index (χ1n) is 3.68. The zero-order chi connectivity index (χ0) is 8.27. The van der Waals surface area contributed by atoms with Gasteiger partial charge in [-0.1, -0.05) is 23.3 Å². The molecule has 1 nitrogen and oxygen atoms in total. The van der Waals surface area contributed by atoms with Crippen LogP contribution in [0.15, 0.2) is 34.9 Å². The van der Waals surface area contributed by atoms with Gasteiger partial charge >= 0.3 is 0 Å². The summed E-state index contributed by atoms with van der Waals surface area (Å²) in [7, 11) is 0. The van der Waals surface area contributed by atoms with Gasteiger partial charge in [-0.2, -0.15) is 5.26 Å². The molecule has 1 aliphatic rings. The molecule has 0 amide bonds. The number of hydrogen-bond donors (Lipinski definition) is 0. The molecule has 0 spiro atoms. The molecule has 0 atom stereocenters. The number of allylic oxidation sites excluding steroid dienone is 6. The SMILES string of the molecule is CC1=C(C)CC=C(C#N)C=C1. The molecule has 0 saturated heterocycles. The van der Waals surface area contributed by atoms with Crippen LogP contribution in [-0.2, 0) is 0 Å². The van der Waals surface area contributed by atoms with Crippen molar-refractivity contribution in [3.63, 3.8) is 0 Å². The first kappa shape index (κ1) is 7.81. The van der Waals surface area contributed by atoms with Crippen molar-refractivity contribution < 1.29 is 0 Å². The summed E-state index contributed by atoms with van der Waals surface area (Å²) in [5.74, 6) is 0. The Balaban J connectivity index is 2.93. The van der Waals surface area contributed by atoms with E-state index in [1.807, 2.05) is 18.2 Å². The normalized spacial score (nSPS) is 17.4. The Bertz CT molecular complexity index is 284. The van der Waals surface area contributed by atoms with Crippen molar-refractivity contribution in [3.8, 4) is 6.07 Å². The zero-order valence-electron chi connectivity index (χ0n) is 6.89. The molecule has 11 heavy (non-hydrogen) atoms. The van der Waals surface area contributed by atoms with Crippen molar-refractivity contribution in [2.75, 3.05) is 0 Å². The van der Waals surface area contributed by atoms with Gasteiger partial charge in [-0.05, 0) is 26.3 Å². The monoisotopic (exact) mass is 145 g/mol. The number of hydrogen-bond acceptors (Lipinski definition) is 1. The quantitative estimate of drug-likeness (QED) is 0.514. The van der Waals surface area contributed by atoms with E-state index >= 15 is 0 Å². The van der Waals surface area contributed by atoms with Crippen molar-refractivity contribution in [2.24, 2.45) is 0 Å². The smallest absolute Gasteiger partial charge is 0.0988 e. The summed E-state index contributed by atoms with van der Waals surface area (Å²) < 4.78 is 0. The third kappa shape index (κ3) is 1.81. The summed E-state index contributed by atoms with van der Waals surface area (Å²) in [4.78, 5) is 0. The lowest BCUT2D eigenvalue weighted by atomic mass is 10.1. The van der Waals surface area contributed by atoms with Crippen LogP contribution in [0.2, 0.25) is 0 Å². The molecule has 0 fully saturated rings. The standard InChI is InChI=1S/C10H11N/c1-8-3-5-10(7-11)6-4-9(8)2/h3,5-6H,4H2,1-2H3. The highest BCUT2D eigenvalue weighted by Gasteiger charge is 1.98. The van der Waals surface area contributed by atoms with Gasteiger partial charge in [0.05, 0.1) is 6.07 Å². The van der Waals surface area contributed by atoms with Crippen molar-refractivity contribution in [1.82, 2.24) is 0 Å². The summed E-state index contributed by atoms with van der Waals surface area (Å²) in [5.41, 5.74) is 3.37. The molecule has 0 aliphatic heterocycles. The molecule has 0 saturated carbocycles. The molecule has 0 aromatic heterocycles. The lowest BCUT2D eigenvalue weighted by Gasteiger charge is -1.95. The summed E-state index contributed by atoms with van der Waals surface area (Å²) >= 11 is 0. The van der Waals surface area contributed by atoms with Crippen molar-refractivity contribution >= 4 is 0 Å².